The minimum atomic E-state index is 0.813. The van der Waals surface area contributed by atoms with Gasteiger partial charge in [0.05, 0.1) is 0 Å². The van der Waals surface area contributed by atoms with Crippen LogP contribution in [0.4, 0.5) is 0 Å². The predicted molar refractivity (Wildman–Crippen MR) is 71.2 cm³/mol. The molecule has 1 aromatic carbocycles. The van der Waals surface area contributed by atoms with E-state index in [-0.39, 0.29) is 0 Å². The van der Waals surface area contributed by atoms with E-state index in [2.05, 4.69) is 34.9 Å². The molecular weight excluding hydrogens is 208 g/mol. The van der Waals surface area contributed by atoms with Gasteiger partial charge in [-0.15, -0.1) is 0 Å². The highest BCUT2D eigenvalue weighted by molar-refractivity contribution is 5.32. The molecule has 2 heteroatoms. The molecule has 1 saturated carbocycles. The van der Waals surface area contributed by atoms with Crippen LogP contribution in [0.15, 0.2) is 24.3 Å². The van der Waals surface area contributed by atoms with Crippen molar-refractivity contribution in [1.82, 2.24) is 10.6 Å². The van der Waals surface area contributed by atoms with E-state index in [0.717, 1.165) is 25.0 Å². The van der Waals surface area contributed by atoms with E-state index >= 15 is 0 Å². The first-order valence-electron chi connectivity index (χ1n) is 6.93. The Morgan fingerprint density at radius 2 is 1.71 bits per heavy atom. The van der Waals surface area contributed by atoms with E-state index in [1.165, 1.54) is 32.2 Å². The Hall–Kier alpha value is -0.860. The Kier molecular flexibility index (Phi) is 3.44. The van der Waals surface area contributed by atoms with E-state index in [4.69, 9.17) is 0 Å². The summed E-state index contributed by atoms with van der Waals surface area (Å²) in [5.41, 5.74) is 3.13. The number of hydrogen-bond donors (Lipinski definition) is 2. The molecule has 0 amide bonds. The van der Waals surface area contributed by atoms with Crippen molar-refractivity contribution < 1.29 is 0 Å². The van der Waals surface area contributed by atoms with Crippen LogP contribution in [0, 0.1) is 5.92 Å². The molecule has 2 N–H and O–H groups in total. The second-order valence-electron chi connectivity index (χ2n) is 5.48. The summed E-state index contributed by atoms with van der Waals surface area (Å²) in [6.45, 7) is 3.41. The Balaban J connectivity index is 1.34. The van der Waals surface area contributed by atoms with Crippen LogP contribution in [0.3, 0.4) is 0 Å². The van der Waals surface area contributed by atoms with Crippen LogP contribution in [0.2, 0.25) is 0 Å². The van der Waals surface area contributed by atoms with Gasteiger partial charge in [0.15, 0.2) is 0 Å². The summed E-state index contributed by atoms with van der Waals surface area (Å²) >= 11 is 0. The zero-order chi connectivity index (χ0) is 11.5. The lowest BCUT2D eigenvalue weighted by atomic mass is 10.1. The van der Waals surface area contributed by atoms with Crippen LogP contribution in [0.5, 0.6) is 0 Å². The summed E-state index contributed by atoms with van der Waals surface area (Å²) in [4.78, 5) is 0. The molecule has 92 valence electrons. The average Bonchev–Trinajstić information content (AvgIpc) is 3.07. The molecule has 0 saturated heterocycles. The van der Waals surface area contributed by atoms with Gasteiger partial charge >= 0.3 is 0 Å². The highest BCUT2D eigenvalue weighted by Gasteiger charge is 2.21. The Labute approximate surface area is 104 Å². The maximum atomic E-state index is 3.58. The van der Waals surface area contributed by atoms with Crippen molar-refractivity contribution in [1.29, 1.82) is 0 Å². The number of rotatable bonds is 6. The Morgan fingerprint density at radius 3 is 2.35 bits per heavy atom. The lowest BCUT2D eigenvalue weighted by Crippen LogP contribution is -2.31. The first-order chi connectivity index (χ1) is 8.42. The fourth-order valence-electron chi connectivity index (χ4n) is 2.75. The minimum absolute atomic E-state index is 0.813. The smallest absolute Gasteiger partial charge is 0.00793 e. The molecule has 0 atom stereocenters. The maximum Gasteiger partial charge on any atom is 0.00793 e. The molecule has 1 fully saturated rings. The standard InChI is InChI=1S/C15H22N2/c1-2-4-14-10-12(9-13(14)3-1)11-16-7-8-17-15-5-6-15/h1-4,12,15-17H,5-11H2. The molecule has 17 heavy (non-hydrogen) atoms. The number of benzene rings is 1. The van der Waals surface area contributed by atoms with Crippen molar-refractivity contribution in [3.8, 4) is 0 Å². The molecule has 0 aliphatic heterocycles. The highest BCUT2D eigenvalue weighted by Crippen LogP contribution is 2.25. The van der Waals surface area contributed by atoms with Crippen LogP contribution in [0.25, 0.3) is 0 Å². The minimum Gasteiger partial charge on any atom is -0.315 e. The van der Waals surface area contributed by atoms with E-state index in [0.29, 0.717) is 0 Å². The summed E-state index contributed by atoms with van der Waals surface area (Å²) in [5, 5.41) is 7.12. The van der Waals surface area contributed by atoms with Gasteiger partial charge in [-0.05, 0) is 49.3 Å². The monoisotopic (exact) mass is 230 g/mol. The molecule has 0 aromatic heterocycles. The number of nitrogens with one attached hydrogen (secondary N) is 2. The van der Waals surface area contributed by atoms with Gasteiger partial charge in [-0.2, -0.15) is 0 Å². The van der Waals surface area contributed by atoms with E-state index in [1.54, 1.807) is 11.1 Å². The maximum absolute atomic E-state index is 3.58. The van der Waals surface area contributed by atoms with Gasteiger partial charge in [0.2, 0.25) is 0 Å². The molecular formula is C15H22N2. The van der Waals surface area contributed by atoms with Crippen molar-refractivity contribution in [2.24, 2.45) is 5.92 Å². The second kappa shape index (κ2) is 5.19. The Morgan fingerprint density at radius 1 is 1.00 bits per heavy atom. The van der Waals surface area contributed by atoms with Crippen molar-refractivity contribution in [2.45, 2.75) is 31.7 Å². The molecule has 2 nitrogen and oxygen atoms in total. The third-order valence-corrected chi connectivity index (χ3v) is 3.88. The van der Waals surface area contributed by atoms with Crippen LogP contribution in [-0.4, -0.2) is 25.7 Å². The van der Waals surface area contributed by atoms with Gasteiger partial charge in [0, 0.05) is 19.1 Å². The van der Waals surface area contributed by atoms with E-state index < -0.39 is 0 Å². The van der Waals surface area contributed by atoms with Crippen LogP contribution >= 0.6 is 0 Å². The highest BCUT2D eigenvalue weighted by atomic mass is 15.0. The van der Waals surface area contributed by atoms with E-state index in [9.17, 15) is 0 Å². The normalized spacial score (nSPS) is 19.5. The second-order valence-corrected chi connectivity index (χ2v) is 5.48. The third kappa shape index (κ3) is 3.08. The summed E-state index contributed by atoms with van der Waals surface area (Å²) in [5.74, 6) is 0.813. The van der Waals surface area contributed by atoms with E-state index in [1.807, 2.05) is 0 Å². The molecule has 2 aliphatic carbocycles. The topological polar surface area (TPSA) is 24.1 Å². The first-order valence-corrected chi connectivity index (χ1v) is 6.93. The molecule has 0 bridgehead atoms. The molecule has 0 heterocycles. The molecule has 2 aliphatic rings. The molecule has 0 unspecified atom stereocenters. The zero-order valence-corrected chi connectivity index (χ0v) is 10.4. The fraction of sp³-hybridized carbons (Fsp3) is 0.600. The SMILES string of the molecule is c1ccc2c(c1)CC(CNCCNC1CC1)C2. The fourth-order valence-corrected chi connectivity index (χ4v) is 2.75. The molecule has 0 spiro atoms. The van der Waals surface area contributed by atoms with Gasteiger partial charge in [-0.25, -0.2) is 0 Å². The average molecular weight is 230 g/mol. The van der Waals surface area contributed by atoms with Crippen molar-refractivity contribution >= 4 is 0 Å². The summed E-state index contributed by atoms with van der Waals surface area (Å²) in [6, 6.07) is 9.73. The van der Waals surface area contributed by atoms with Gasteiger partial charge in [-0.3, -0.25) is 0 Å². The van der Waals surface area contributed by atoms with Gasteiger partial charge < -0.3 is 10.6 Å². The lowest BCUT2D eigenvalue weighted by molar-refractivity contribution is 0.490. The predicted octanol–water partition coefficient (Wildman–Crippen LogP) is 1.74. The van der Waals surface area contributed by atoms with Crippen LogP contribution in [-0.2, 0) is 12.8 Å². The summed E-state index contributed by atoms with van der Waals surface area (Å²) in [6.07, 6.45) is 5.30. The lowest BCUT2D eigenvalue weighted by Gasteiger charge is -2.10. The largest absolute Gasteiger partial charge is 0.315 e. The zero-order valence-electron chi connectivity index (χ0n) is 10.4. The van der Waals surface area contributed by atoms with Crippen LogP contribution in [0.1, 0.15) is 24.0 Å². The number of hydrogen-bond acceptors (Lipinski definition) is 2. The molecule has 0 radical (unpaired) electrons. The number of fused-ring (bicyclic) bond motifs is 1. The van der Waals surface area contributed by atoms with Crippen molar-refractivity contribution in [3.63, 3.8) is 0 Å². The van der Waals surface area contributed by atoms with Gasteiger partial charge in [0.1, 0.15) is 0 Å². The summed E-state index contributed by atoms with van der Waals surface area (Å²) in [7, 11) is 0. The third-order valence-electron chi connectivity index (χ3n) is 3.88. The quantitative estimate of drug-likeness (QED) is 0.728. The summed E-state index contributed by atoms with van der Waals surface area (Å²) < 4.78 is 0. The molecule has 1 aromatic rings. The van der Waals surface area contributed by atoms with Gasteiger partial charge in [-0.1, -0.05) is 24.3 Å². The Bertz CT molecular complexity index is 346. The molecule has 3 rings (SSSR count). The van der Waals surface area contributed by atoms with Crippen molar-refractivity contribution in [2.75, 3.05) is 19.6 Å². The first kappa shape index (κ1) is 11.2. The van der Waals surface area contributed by atoms with Gasteiger partial charge in [0.25, 0.3) is 0 Å². The van der Waals surface area contributed by atoms with Crippen molar-refractivity contribution in [3.05, 3.63) is 35.4 Å². The van der Waals surface area contributed by atoms with Crippen LogP contribution < -0.4 is 10.6 Å².